The minimum absolute atomic E-state index is 0. The number of hydrogen-bond donors (Lipinski definition) is 1. The van der Waals surface area contributed by atoms with Crippen LogP contribution in [0.15, 0.2) is 24.3 Å². The van der Waals surface area contributed by atoms with Crippen LogP contribution in [-0.2, 0) is 6.18 Å². The fourth-order valence-electron chi connectivity index (χ4n) is 2.35. The van der Waals surface area contributed by atoms with Gasteiger partial charge in [-0.2, -0.15) is 13.2 Å². The SMILES string of the molecule is Cl.Cl.FC(F)[C@@H](c1ccc(C(F)(F)F)cc1)N1CCNCC1. The standard InChI is InChI=1S/C13H15F5N2.2ClH/c14-12(15)11(20-7-5-19-6-8-20)9-1-3-10(4-2-9)13(16,17)18;;/h1-4,11-12,19H,5-8H2;2*1H/t11-;;/m1../s1. The monoisotopic (exact) mass is 366 g/mol. The Morgan fingerprint density at radius 2 is 1.45 bits per heavy atom. The maximum absolute atomic E-state index is 13.2. The summed E-state index contributed by atoms with van der Waals surface area (Å²) in [5.41, 5.74) is -0.607. The second-order valence-corrected chi connectivity index (χ2v) is 4.69. The topological polar surface area (TPSA) is 15.3 Å². The van der Waals surface area contributed by atoms with E-state index in [9.17, 15) is 22.0 Å². The van der Waals surface area contributed by atoms with E-state index in [-0.39, 0.29) is 30.4 Å². The third kappa shape index (κ3) is 5.22. The van der Waals surface area contributed by atoms with E-state index in [1.807, 2.05) is 0 Å². The first kappa shape index (κ1) is 21.4. The highest BCUT2D eigenvalue weighted by atomic mass is 35.5. The van der Waals surface area contributed by atoms with E-state index in [1.165, 1.54) is 0 Å². The van der Waals surface area contributed by atoms with Crippen LogP contribution in [0.25, 0.3) is 0 Å². The molecule has 1 N–H and O–H groups in total. The molecule has 0 bridgehead atoms. The van der Waals surface area contributed by atoms with Crippen molar-refractivity contribution in [1.29, 1.82) is 0 Å². The zero-order valence-electron chi connectivity index (χ0n) is 11.4. The molecule has 2 rings (SSSR count). The number of nitrogens with zero attached hydrogens (tertiary/aromatic N) is 1. The Balaban J connectivity index is 0.00000220. The molecule has 1 heterocycles. The van der Waals surface area contributed by atoms with Crippen LogP contribution in [0.3, 0.4) is 0 Å². The highest BCUT2D eigenvalue weighted by Crippen LogP contribution is 2.32. The Hall–Kier alpha value is -0.630. The van der Waals surface area contributed by atoms with Crippen molar-refractivity contribution >= 4 is 24.8 Å². The van der Waals surface area contributed by atoms with Gasteiger partial charge in [-0.25, -0.2) is 8.78 Å². The lowest BCUT2D eigenvalue weighted by atomic mass is 10.0. The Morgan fingerprint density at radius 3 is 1.86 bits per heavy atom. The average molecular weight is 367 g/mol. The molecule has 0 unspecified atom stereocenters. The molecule has 0 spiro atoms. The van der Waals surface area contributed by atoms with Crippen LogP contribution in [0.1, 0.15) is 17.2 Å². The third-order valence-corrected chi connectivity index (χ3v) is 3.36. The number of rotatable bonds is 3. The maximum atomic E-state index is 13.2. The van der Waals surface area contributed by atoms with Gasteiger partial charge in [0, 0.05) is 26.2 Å². The third-order valence-electron chi connectivity index (χ3n) is 3.36. The van der Waals surface area contributed by atoms with Crippen LogP contribution >= 0.6 is 24.8 Å². The molecule has 0 amide bonds. The molecule has 1 aromatic carbocycles. The molecule has 0 aliphatic carbocycles. The van der Waals surface area contributed by atoms with Crippen LogP contribution in [0.5, 0.6) is 0 Å². The predicted octanol–water partition coefficient (Wildman–Crippen LogP) is 3.76. The second kappa shape index (κ2) is 8.86. The fourth-order valence-corrected chi connectivity index (χ4v) is 2.35. The maximum Gasteiger partial charge on any atom is 0.416 e. The van der Waals surface area contributed by atoms with Crippen molar-refractivity contribution in [2.75, 3.05) is 26.2 Å². The van der Waals surface area contributed by atoms with Gasteiger partial charge < -0.3 is 5.32 Å². The van der Waals surface area contributed by atoms with E-state index in [1.54, 1.807) is 4.90 Å². The zero-order valence-corrected chi connectivity index (χ0v) is 13.1. The molecule has 1 aliphatic heterocycles. The molecular weight excluding hydrogens is 350 g/mol. The molecular formula is C13H17Cl2F5N2. The highest BCUT2D eigenvalue weighted by molar-refractivity contribution is 5.85. The molecule has 128 valence electrons. The largest absolute Gasteiger partial charge is 0.416 e. The Labute approximate surface area is 137 Å². The van der Waals surface area contributed by atoms with Gasteiger partial charge in [-0.05, 0) is 17.7 Å². The van der Waals surface area contributed by atoms with Gasteiger partial charge in [0.25, 0.3) is 6.43 Å². The molecule has 22 heavy (non-hydrogen) atoms. The summed E-state index contributed by atoms with van der Waals surface area (Å²) in [6, 6.07) is 2.84. The number of piperazine rings is 1. The number of hydrogen-bond acceptors (Lipinski definition) is 2. The van der Waals surface area contributed by atoms with Crippen molar-refractivity contribution < 1.29 is 22.0 Å². The summed E-state index contributed by atoms with van der Waals surface area (Å²) in [6.45, 7) is 2.11. The Kier molecular flexibility index (Phi) is 8.61. The van der Waals surface area contributed by atoms with E-state index in [0.717, 1.165) is 24.3 Å². The summed E-state index contributed by atoms with van der Waals surface area (Å²) >= 11 is 0. The van der Waals surface area contributed by atoms with Crippen molar-refractivity contribution in [3.05, 3.63) is 35.4 Å². The van der Waals surface area contributed by atoms with Crippen molar-refractivity contribution in [2.24, 2.45) is 0 Å². The highest BCUT2D eigenvalue weighted by Gasteiger charge is 2.33. The second-order valence-electron chi connectivity index (χ2n) is 4.69. The van der Waals surface area contributed by atoms with Crippen LogP contribution < -0.4 is 5.32 Å². The Morgan fingerprint density at radius 1 is 0.955 bits per heavy atom. The number of alkyl halides is 5. The lowest BCUT2D eigenvalue weighted by Crippen LogP contribution is -2.46. The first-order chi connectivity index (χ1) is 9.39. The molecule has 2 nitrogen and oxygen atoms in total. The van der Waals surface area contributed by atoms with Crippen molar-refractivity contribution in [2.45, 2.75) is 18.6 Å². The van der Waals surface area contributed by atoms with Crippen LogP contribution in [0.2, 0.25) is 0 Å². The summed E-state index contributed by atoms with van der Waals surface area (Å²) in [4.78, 5) is 1.60. The lowest BCUT2D eigenvalue weighted by molar-refractivity contribution is -0.137. The van der Waals surface area contributed by atoms with Gasteiger partial charge in [-0.1, -0.05) is 12.1 Å². The summed E-state index contributed by atoms with van der Waals surface area (Å²) < 4.78 is 63.8. The minimum Gasteiger partial charge on any atom is -0.314 e. The van der Waals surface area contributed by atoms with Gasteiger partial charge in [0.05, 0.1) is 11.6 Å². The summed E-state index contributed by atoms with van der Waals surface area (Å²) in [5.74, 6) is 0. The predicted molar refractivity (Wildman–Crippen MR) is 79.1 cm³/mol. The minimum atomic E-state index is -4.45. The fraction of sp³-hybridized carbons (Fsp3) is 0.538. The molecule has 0 saturated carbocycles. The van der Waals surface area contributed by atoms with Gasteiger partial charge in [-0.3, -0.25) is 4.90 Å². The lowest BCUT2D eigenvalue weighted by Gasteiger charge is -2.34. The van der Waals surface area contributed by atoms with E-state index in [4.69, 9.17) is 0 Å². The van der Waals surface area contributed by atoms with E-state index in [2.05, 4.69) is 5.32 Å². The van der Waals surface area contributed by atoms with Gasteiger partial charge >= 0.3 is 6.18 Å². The van der Waals surface area contributed by atoms with Crippen molar-refractivity contribution in [3.8, 4) is 0 Å². The number of nitrogens with one attached hydrogen (secondary N) is 1. The molecule has 0 radical (unpaired) electrons. The molecule has 1 aliphatic rings. The summed E-state index contributed by atoms with van der Waals surface area (Å²) in [5, 5.41) is 3.05. The molecule has 1 fully saturated rings. The van der Waals surface area contributed by atoms with Gasteiger partial charge in [-0.15, -0.1) is 24.8 Å². The van der Waals surface area contributed by atoms with E-state index < -0.39 is 24.2 Å². The first-order valence-corrected chi connectivity index (χ1v) is 6.29. The summed E-state index contributed by atoms with van der Waals surface area (Å²) in [7, 11) is 0. The van der Waals surface area contributed by atoms with Gasteiger partial charge in [0.1, 0.15) is 0 Å². The van der Waals surface area contributed by atoms with Crippen molar-refractivity contribution in [1.82, 2.24) is 10.2 Å². The molecule has 1 atom stereocenters. The molecule has 9 heteroatoms. The van der Waals surface area contributed by atoms with E-state index in [0.29, 0.717) is 26.2 Å². The van der Waals surface area contributed by atoms with E-state index >= 15 is 0 Å². The van der Waals surface area contributed by atoms with Crippen LogP contribution in [0, 0.1) is 0 Å². The zero-order chi connectivity index (χ0) is 14.8. The first-order valence-electron chi connectivity index (χ1n) is 6.29. The smallest absolute Gasteiger partial charge is 0.314 e. The number of benzene rings is 1. The molecule has 0 aromatic heterocycles. The Bertz CT molecular complexity index is 433. The molecule has 1 saturated heterocycles. The summed E-state index contributed by atoms with van der Waals surface area (Å²) in [6.07, 6.45) is -7.08. The van der Waals surface area contributed by atoms with Crippen molar-refractivity contribution in [3.63, 3.8) is 0 Å². The van der Waals surface area contributed by atoms with Crippen LogP contribution in [-0.4, -0.2) is 37.5 Å². The average Bonchev–Trinajstić information content (AvgIpc) is 2.39. The van der Waals surface area contributed by atoms with Crippen LogP contribution in [0.4, 0.5) is 22.0 Å². The number of halogens is 7. The van der Waals surface area contributed by atoms with Gasteiger partial charge in [0.2, 0.25) is 0 Å². The molecule has 1 aromatic rings. The normalized spacial score (nSPS) is 17.5. The van der Waals surface area contributed by atoms with Gasteiger partial charge in [0.15, 0.2) is 0 Å². The quantitative estimate of drug-likeness (QED) is 0.819.